The monoisotopic (exact) mass is 427 g/mol. The van der Waals surface area contributed by atoms with Crippen molar-refractivity contribution >= 4 is 17.3 Å². The number of methoxy groups -OCH3 is 2. The van der Waals surface area contributed by atoms with Crippen molar-refractivity contribution in [2.24, 2.45) is 0 Å². The van der Waals surface area contributed by atoms with Gasteiger partial charge in [0.15, 0.2) is 11.5 Å². The molecule has 0 radical (unpaired) electrons. The first-order valence-electron chi connectivity index (χ1n) is 9.67. The number of aromatic nitrogens is 1. The molecule has 0 N–H and O–H groups in total. The van der Waals surface area contributed by atoms with E-state index in [9.17, 15) is 4.79 Å². The van der Waals surface area contributed by atoms with E-state index in [4.69, 9.17) is 18.9 Å². The fourth-order valence-electron chi connectivity index (χ4n) is 2.86. The average Bonchev–Trinajstić information content (AvgIpc) is 3.24. The molecule has 0 aliphatic heterocycles. The molecule has 2 aromatic carbocycles. The first-order valence-corrected chi connectivity index (χ1v) is 10.5. The Bertz CT molecular complexity index is 985. The minimum Gasteiger partial charge on any atom is -0.493 e. The van der Waals surface area contributed by atoms with Crippen molar-refractivity contribution in [2.45, 2.75) is 19.8 Å². The standard InChI is InChI=1S/C23H25NO5S/c1-4-16-6-5-7-19(12-16)28-10-11-29-22(25)14-18-15-30-23(24-18)17-8-9-20(26-2)21(13-17)27-3/h5-9,12-13,15H,4,10-11,14H2,1-3H3. The van der Waals surface area contributed by atoms with E-state index in [-0.39, 0.29) is 19.0 Å². The van der Waals surface area contributed by atoms with Gasteiger partial charge in [-0.1, -0.05) is 19.1 Å². The molecular weight excluding hydrogens is 402 g/mol. The molecule has 0 fully saturated rings. The van der Waals surface area contributed by atoms with Crippen LogP contribution in [0.3, 0.4) is 0 Å². The maximum atomic E-state index is 12.1. The Morgan fingerprint density at radius 2 is 1.87 bits per heavy atom. The number of hydrogen-bond donors (Lipinski definition) is 0. The maximum Gasteiger partial charge on any atom is 0.312 e. The number of benzene rings is 2. The van der Waals surface area contributed by atoms with Gasteiger partial charge in [0.1, 0.15) is 24.0 Å². The zero-order chi connectivity index (χ0) is 21.3. The second-order valence-electron chi connectivity index (χ2n) is 6.46. The van der Waals surface area contributed by atoms with Crippen LogP contribution in [0.4, 0.5) is 0 Å². The second kappa shape index (κ2) is 10.6. The normalized spacial score (nSPS) is 10.5. The maximum absolute atomic E-state index is 12.1. The third kappa shape index (κ3) is 5.73. The smallest absolute Gasteiger partial charge is 0.312 e. The molecule has 0 amide bonds. The number of nitrogens with zero attached hydrogens (tertiary/aromatic N) is 1. The Morgan fingerprint density at radius 3 is 2.63 bits per heavy atom. The van der Waals surface area contributed by atoms with Crippen LogP contribution in [0.15, 0.2) is 47.8 Å². The molecule has 3 rings (SSSR count). The molecule has 1 heterocycles. The van der Waals surface area contributed by atoms with Crippen molar-refractivity contribution in [1.29, 1.82) is 0 Å². The molecule has 7 heteroatoms. The molecule has 0 aliphatic rings. The topological polar surface area (TPSA) is 66.9 Å². The van der Waals surface area contributed by atoms with Crippen LogP contribution in [0.5, 0.6) is 17.2 Å². The number of carbonyl (C=O) groups is 1. The first-order chi connectivity index (χ1) is 14.6. The number of thiazole rings is 1. The third-order valence-corrected chi connectivity index (χ3v) is 5.37. The largest absolute Gasteiger partial charge is 0.493 e. The fourth-order valence-corrected chi connectivity index (χ4v) is 3.68. The molecule has 158 valence electrons. The predicted molar refractivity (Wildman–Crippen MR) is 117 cm³/mol. The summed E-state index contributed by atoms with van der Waals surface area (Å²) < 4.78 is 21.5. The van der Waals surface area contributed by atoms with Crippen LogP contribution in [0.25, 0.3) is 10.6 Å². The van der Waals surface area contributed by atoms with Gasteiger partial charge in [-0.25, -0.2) is 4.98 Å². The van der Waals surface area contributed by atoms with Gasteiger partial charge in [0, 0.05) is 10.9 Å². The van der Waals surface area contributed by atoms with E-state index >= 15 is 0 Å². The second-order valence-corrected chi connectivity index (χ2v) is 7.32. The summed E-state index contributed by atoms with van der Waals surface area (Å²) in [4.78, 5) is 16.6. The molecule has 0 spiro atoms. The Balaban J connectivity index is 1.49. The van der Waals surface area contributed by atoms with Crippen molar-refractivity contribution in [1.82, 2.24) is 4.98 Å². The molecule has 0 atom stereocenters. The molecule has 3 aromatic rings. The van der Waals surface area contributed by atoms with Crippen LogP contribution in [0.2, 0.25) is 0 Å². The minimum atomic E-state index is -0.329. The van der Waals surface area contributed by atoms with E-state index in [1.807, 2.05) is 41.8 Å². The van der Waals surface area contributed by atoms with Gasteiger partial charge < -0.3 is 18.9 Å². The van der Waals surface area contributed by atoms with Gasteiger partial charge in [0.05, 0.1) is 26.3 Å². The fraction of sp³-hybridized carbons (Fsp3) is 0.304. The molecule has 0 unspecified atom stereocenters. The summed E-state index contributed by atoms with van der Waals surface area (Å²) in [6.07, 6.45) is 1.07. The lowest BCUT2D eigenvalue weighted by Gasteiger charge is -2.08. The van der Waals surface area contributed by atoms with Crippen molar-refractivity contribution in [3.8, 4) is 27.8 Å². The van der Waals surface area contributed by atoms with Crippen LogP contribution in [0, 0.1) is 0 Å². The Kier molecular flexibility index (Phi) is 7.68. The Hall–Kier alpha value is -3.06. The van der Waals surface area contributed by atoms with Crippen molar-refractivity contribution in [2.75, 3.05) is 27.4 Å². The van der Waals surface area contributed by atoms with E-state index in [0.717, 1.165) is 22.7 Å². The van der Waals surface area contributed by atoms with Gasteiger partial charge >= 0.3 is 5.97 Å². The van der Waals surface area contributed by atoms with Crippen molar-refractivity contribution in [3.05, 3.63) is 59.1 Å². The number of esters is 1. The number of ether oxygens (including phenoxy) is 4. The van der Waals surface area contributed by atoms with Crippen LogP contribution in [-0.2, 0) is 22.4 Å². The summed E-state index contributed by atoms with van der Waals surface area (Å²) in [6.45, 7) is 2.60. The van der Waals surface area contributed by atoms with Gasteiger partial charge in [-0.3, -0.25) is 4.79 Å². The summed E-state index contributed by atoms with van der Waals surface area (Å²) in [5.41, 5.74) is 2.78. The lowest BCUT2D eigenvalue weighted by atomic mass is 10.2. The van der Waals surface area contributed by atoms with Crippen LogP contribution in [0.1, 0.15) is 18.2 Å². The van der Waals surface area contributed by atoms with Crippen LogP contribution < -0.4 is 14.2 Å². The molecule has 0 saturated carbocycles. The van der Waals surface area contributed by atoms with Gasteiger partial charge in [-0.2, -0.15) is 0 Å². The quantitative estimate of drug-likeness (QED) is 0.349. The highest BCUT2D eigenvalue weighted by molar-refractivity contribution is 7.13. The average molecular weight is 428 g/mol. The van der Waals surface area contributed by atoms with Crippen molar-refractivity contribution in [3.63, 3.8) is 0 Å². The number of carbonyl (C=O) groups excluding carboxylic acids is 1. The highest BCUT2D eigenvalue weighted by Gasteiger charge is 2.12. The number of rotatable bonds is 10. The highest BCUT2D eigenvalue weighted by atomic mass is 32.1. The van der Waals surface area contributed by atoms with E-state index in [0.29, 0.717) is 23.8 Å². The molecular formula is C23H25NO5S. The first kappa shape index (κ1) is 21.6. The third-order valence-electron chi connectivity index (χ3n) is 4.43. The summed E-state index contributed by atoms with van der Waals surface area (Å²) in [5, 5.41) is 2.66. The molecule has 30 heavy (non-hydrogen) atoms. The summed E-state index contributed by atoms with van der Waals surface area (Å²) >= 11 is 1.47. The van der Waals surface area contributed by atoms with E-state index < -0.39 is 0 Å². The summed E-state index contributed by atoms with van der Waals surface area (Å²) in [5.74, 6) is 1.75. The van der Waals surface area contributed by atoms with Crippen molar-refractivity contribution < 1.29 is 23.7 Å². The minimum absolute atomic E-state index is 0.120. The van der Waals surface area contributed by atoms with Gasteiger partial charge in [-0.15, -0.1) is 11.3 Å². The Labute approximate surface area is 180 Å². The number of aryl methyl sites for hydroxylation is 1. The van der Waals surface area contributed by atoms with Crippen LogP contribution in [-0.4, -0.2) is 38.4 Å². The van der Waals surface area contributed by atoms with Gasteiger partial charge in [0.25, 0.3) is 0 Å². The molecule has 0 aliphatic carbocycles. The predicted octanol–water partition coefficient (Wildman–Crippen LogP) is 4.55. The Morgan fingerprint density at radius 1 is 1.03 bits per heavy atom. The summed E-state index contributed by atoms with van der Waals surface area (Å²) in [6, 6.07) is 13.5. The molecule has 0 saturated heterocycles. The lowest BCUT2D eigenvalue weighted by molar-refractivity contribution is -0.143. The summed E-state index contributed by atoms with van der Waals surface area (Å²) in [7, 11) is 3.19. The zero-order valence-electron chi connectivity index (χ0n) is 17.3. The van der Waals surface area contributed by atoms with E-state index in [2.05, 4.69) is 18.0 Å². The van der Waals surface area contributed by atoms with Gasteiger partial charge in [-0.05, 0) is 42.3 Å². The SMILES string of the molecule is CCc1cccc(OCCOC(=O)Cc2csc(-c3ccc(OC)c(OC)c3)n2)c1. The van der Waals surface area contributed by atoms with E-state index in [1.165, 1.54) is 16.9 Å². The highest BCUT2D eigenvalue weighted by Crippen LogP contribution is 2.33. The lowest BCUT2D eigenvalue weighted by Crippen LogP contribution is -2.14. The zero-order valence-corrected chi connectivity index (χ0v) is 18.2. The molecule has 6 nitrogen and oxygen atoms in total. The number of hydrogen-bond acceptors (Lipinski definition) is 7. The molecule has 1 aromatic heterocycles. The van der Waals surface area contributed by atoms with Crippen LogP contribution >= 0.6 is 11.3 Å². The molecule has 0 bridgehead atoms. The van der Waals surface area contributed by atoms with E-state index in [1.54, 1.807) is 14.2 Å². The van der Waals surface area contributed by atoms with Gasteiger partial charge in [0.2, 0.25) is 0 Å².